The van der Waals surface area contributed by atoms with Crippen LogP contribution in [-0.4, -0.2) is 32.1 Å². The minimum Gasteiger partial charge on any atom is -0.493 e. The Morgan fingerprint density at radius 3 is 2.59 bits per heavy atom. The van der Waals surface area contributed by atoms with Gasteiger partial charge in [-0.05, 0) is 36.0 Å². The highest BCUT2D eigenvalue weighted by Gasteiger charge is 2.42. The Labute approximate surface area is 160 Å². The normalized spacial score (nSPS) is 30.5. The number of benzene rings is 1. The van der Waals surface area contributed by atoms with Gasteiger partial charge in [0.25, 0.3) is 0 Å². The molecule has 0 radical (unpaired) electrons. The second-order valence-electron chi connectivity index (χ2n) is 7.72. The van der Waals surface area contributed by atoms with Gasteiger partial charge in [-0.3, -0.25) is 9.59 Å². The third-order valence-corrected chi connectivity index (χ3v) is 6.12. The molecule has 148 valence electrons. The molecule has 1 N–H and O–H groups in total. The number of nitrogens with one attached hydrogen (secondary N) is 1. The lowest BCUT2D eigenvalue weighted by molar-refractivity contribution is -0.141. The van der Waals surface area contributed by atoms with Crippen LogP contribution in [0.1, 0.15) is 51.2 Å². The summed E-state index contributed by atoms with van der Waals surface area (Å²) in [6, 6.07) is 5.51. The molecule has 5 atom stereocenters. The second kappa shape index (κ2) is 8.19. The maximum Gasteiger partial charge on any atom is 0.307 e. The monoisotopic (exact) mass is 375 g/mol. The van der Waals surface area contributed by atoms with Gasteiger partial charge in [0.1, 0.15) is 6.10 Å². The molecule has 6 heteroatoms. The number of hydrogen-bond acceptors (Lipinski definition) is 5. The number of hydrogen-bond donors (Lipinski definition) is 1. The van der Waals surface area contributed by atoms with Gasteiger partial charge in [-0.1, -0.05) is 32.8 Å². The molecule has 0 spiro atoms. The maximum absolute atomic E-state index is 13.0. The minimum absolute atomic E-state index is 0.0987. The molecule has 3 rings (SSSR count). The Morgan fingerprint density at radius 1 is 1.15 bits per heavy atom. The predicted molar refractivity (Wildman–Crippen MR) is 101 cm³/mol. The van der Waals surface area contributed by atoms with E-state index in [4.69, 9.17) is 14.2 Å². The number of carbonyl (C=O) groups is 2. The number of carbonyl (C=O) groups excluding carboxylic acids is 2. The zero-order valence-electron chi connectivity index (χ0n) is 16.5. The SMILES string of the molecule is COc1ccc(C2OC(=O)CC2C(=O)NC2CCCC(C)C2C)cc1OC. The number of cyclic esters (lactones) is 1. The van der Waals surface area contributed by atoms with E-state index in [0.29, 0.717) is 23.3 Å². The summed E-state index contributed by atoms with van der Waals surface area (Å²) in [4.78, 5) is 24.9. The predicted octanol–water partition coefficient (Wildman–Crippen LogP) is 3.25. The van der Waals surface area contributed by atoms with Gasteiger partial charge < -0.3 is 19.5 Å². The van der Waals surface area contributed by atoms with E-state index in [9.17, 15) is 9.59 Å². The van der Waals surface area contributed by atoms with Gasteiger partial charge in [0, 0.05) is 6.04 Å². The Hall–Kier alpha value is -2.24. The van der Waals surface area contributed by atoms with Gasteiger partial charge in [-0.15, -0.1) is 0 Å². The number of rotatable bonds is 5. The molecule has 1 saturated heterocycles. The Bertz CT molecular complexity index is 704. The lowest BCUT2D eigenvalue weighted by Gasteiger charge is -2.35. The second-order valence-corrected chi connectivity index (χ2v) is 7.72. The molecular weight excluding hydrogens is 346 g/mol. The average Bonchev–Trinajstić information content (AvgIpc) is 3.06. The zero-order chi connectivity index (χ0) is 19.6. The summed E-state index contributed by atoms with van der Waals surface area (Å²) >= 11 is 0. The highest BCUT2D eigenvalue weighted by atomic mass is 16.6. The number of esters is 1. The quantitative estimate of drug-likeness (QED) is 0.800. The molecule has 0 aromatic heterocycles. The molecule has 1 aromatic rings. The van der Waals surface area contributed by atoms with Gasteiger partial charge in [0.2, 0.25) is 5.91 Å². The van der Waals surface area contributed by atoms with E-state index in [1.807, 2.05) is 6.07 Å². The summed E-state index contributed by atoms with van der Waals surface area (Å²) in [6.45, 7) is 4.43. The van der Waals surface area contributed by atoms with Crippen molar-refractivity contribution in [3.63, 3.8) is 0 Å². The van der Waals surface area contributed by atoms with Crippen LogP contribution in [0, 0.1) is 17.8 Å². The standard InChI is InChI=1S/C21H29NO5/c1-12-6-5-7-16(13(12)2)22-21(24)15-11-19(23)27-20(15)14-8-9-17(25-3)18(10-14)26-4/h8-10,12-13,15-16,20H,5-7,11H2,1-4H3,(H,22,24). The summed E-state index contributed by atoms with van der Waals surface area (Å²) in [5, 5.41) is 3.19. The minimum atomic E-state index is -0.603. The summed E-state index contributed by atoms with van der Waals surface area (Å²) in [5.41, 5.74) is 0.740. The van der Waals surface area contributed by atoms with Crippen LogP contribution in [0.25, 0.3) is 0 Å². The average molecular weight is 375 g/mol. The van der Waals surface area contributed by atoms with E-state index < -0.39 is 12.0 Å². The molecule has 2 fully saturated rings. The Morgan fingerprint density at radius 2 is 1.89 bits per heavy atom. The molecule has 5 unspecified atom stereocenters. The molecule has 1 amide bonds. The van der Waals surface area contributed by atoms with Crippen molar-refractivity contribution in [1.82, 2.24) is 5.32 Å². The molecule has 1 heterocycles. The van der Waals surface area contributed by atoms with Crippen molar-refractivity contribution in [3.8, 4) is 11.5 Å². The fraction of sp³-hybridized carbons (Fsp3) is 0.619. The van der Waals surface area contributed by atoms with E-state index in [2.05, 4.69) is 19.2 Å². The van der Waals surface area contributed by atoms with Gasteiger partial charge in [0.15, 0.2) is 11.5 Å². The van der Waals surface area contributed by atoms with Gasteiger partial charge >= 0.3 is 5.97 Å². The lowest BCUT2D eigenvalue weighted by Crippen LogP contribution is -2.46. The summed E-state index contributed by atoms with van der Waals surface area (Å²) in [7, 11) is 3.12. The van der Waals surface area contributed by atoms with Crippen molar-refractivity contribution in [2.24, 2.45) is 17.8 Å². The fourth-order valence-electron chi connectivity index (χ4n) is 4.19. The highest BCUT2D eigenvalue weighted by molar-refractivity contribution is 5.87. The number of methoxy groups -OCH3 is 2. The van der Waals surface area contributed by atoms with E-state index in [0.717, 1.165) is 18.4 Å². The number of ether oxygens (including phenoxy) is 3. The maximum atomic E-state index is 13.0. The molecule has 0 bridgehead atoms. The van der Waals surface area contributed by atoms with E-state index in [1.54, 1.807) is 26.4 Å². The summed E-state index contributed by atoms with van der Waals surface area (Å²) in [6.07, 6.45) is 2.80. The third-order valence-electron chi connectivity index (χ3n) is 6.12. The van der Waals surface area contributed by atoms with Crippen molar-refractivity contribution >= 4 is 11.9 Å². The first-order valence-electron chi connectivity index (χ1n) is 9.66. The molecule has 6 nitrogen and oxygen atoms in total. The first-order valence-corrected chi connectivity index (χ1v) is 9.66. The molecule has 1 aliphatic carbocycles. The molecular formula is C21H29NO5. The van der Waals surface area contributed by atoms with Crippen LogP contribution in [0.3, 0.4) is 0 Å². The van der Waals surface area contributed by atoms with Crippen LogP contribution in [-0.2, 0) is 14.3 Å². The van der Waals surface area contributed by atoms with Crippen molar-refractivity contribution in [2.75, 3.05) is 14.2 Å². The van der Waals surface area contributed by atoms with E-state index in [-0.39, 0.29) is 24.3 Å². The summed E-state index contributed by atoms with van der Waals surface area (Å²) < 4.78 is 16.1. The fourth-order valence-corrected chi connectivity index (χ4v) is 4.19. The lowest BCUT2D eigenvalue weighted by atomic mass is 9.78. The van der Waals surface area contributed by atoms with Gasteiger partial charge in [-0.2, -0.15) is 0 Å². The van der Waals surface area contributed by atoms with Gasteiger partial charge in [-0.25, -0.2) is 0 Å². The Kier molecular flexibility index (Phi) is 5.92. The van der Waals surface area contributed by atoms with Crippen LogP contribution in [0.2, 0.25) is 0 Å². The smallest absolute Gasteiger partial charge is 0.307 e. The van der Waals surface area contributed by atoms with Crippen LogP contribution < -0.4 is 14.8 Å². The topological polar surface area (TPSA) is 73.9 Å². The molecule has 2 aliphatic rings. The largest absolute Gasteiger partial charge is 0.493 e. The van der Waals surface area contributed by atoms with Gasteiger partial charge in [0.05, 0.1) is 26.6 Å². The van der Waals surface area contributed by atoms with Crippen molar-refractivity contribution in [2.45, 2.75) is 51.7 Å². The zero-order valence-corrected chi connectivity index (χ0v) is 16.5. The molecule has 27 heavy (non-hydrogen) atoms. The van der Waals surface area contributed by atoms with Crippen LogP contribution in [0.4, 0.5) is 0 Å². The van der Waals surface area contributed by atoms with Crippen molar-refractivity contribution < 1.29 is 23.8 Å². The van der Waals surface area contributed by atoms with Crippen LogP contribution in [0.15, 0.2) is 18.2 Å². The summed E-state index contributed by atoms with van der Waals surface area (Å²) in [5.74, 6) is 1.18. The first-order chi connectivity index (χ1) is 12.9. The van der Waals surface area contributed by atoms with Crippen molar-refractivity contribution in [3.05, 3.63) is 23.8 Å². The van der Waals surface area contributed by atoms with Crippen molar-refractivity contribution in [1.29, 1.82) is 0 Å². The van der Waals surface area contributed by atoms with Crippen LogP contribution in [0.5, 0.6) is 11.5 Å². The first kappa shape index (κ1) is 19.5. The molecule has 1 saturated carbocycles. The third kappa shape index (κ3) is 4.04. The van der Waals surface area contributed by atoms with E-state index in [1.165, 1.54) is 6.42 Å². The van der Waals surface area contributed by atoms with E-state index >= 15 is 0 Å². The highest BCUT2D eigenvalue weighted by Crippen LogP contribution is 2.39. The Balaban J connectivity index is 1.77. The molecule has 1 aliphatic heterocycles. The molecule has 1 aromatic carbocycles. The van der Waals surface area contributed by atoms with Crippen LogP contribution >= 0.6 is 0 Å². The number of amides is 1.